The molecule has 0 heterocycles. The lowest BCUT2D eigenvalue weighted by Crippen LogP contribution is -2.18. The molecule has 4 aromatic rings. The van der Waals surface area contributed by atoms with Gasteiger partial charge in [0, 0.05) is 5.41 Å². The summed E-state index contributed by atoms with van der Waals surface area (Å²) in [6.45, 7) is 4.10. The van der Waals surface area contributed by atoms with Gasteiger partial charge < -0.3 is 28.4 Å². The minimum Gasteiger partial charge on any atom is -0.465 e. The Labute approximate surface area is 260 Å². The molecule has 0 aliphatic carbocycles. The van der Waals surface area contributed by atoms with Gasteiger partial charge in [-0.3, -0.25) is 0 Å². The summed E-state index contributed by atoms with van der Waals surface area (Å²) in [4.78, 5) is 48.9. The van der Waals surface area contributed by atoms with Crippen molar-refractivity contribution in [3.05, 3.63) is 118 Å². The van der Waals surface area contributed by atoms with Gasteiger partial charge in [-0.2, -0.15) is 0 Å². The Kier molecular flexibility index (Phi) is 9.88. The Bertz CT molecular complexity index is 1630. The molecule has 0 amide bonds. The Morgan fingerprint density at radius 2 is 0.778 bits per heavy atom. The molecule has 0 aromatic heterocycles. The number of benzene rings is 4. The van der Waals surface area contributed by atoms with Crippen LogP contribution in [0.3, 0.4) is 0 Å². The van der Waals surface area contributed by atoms with Crippen molar-refractivity contribution < 1.29 is 47.6 Å². The van der Waals surface area contributed by atoms with Crippen LogP contribution in [0.2, 0.25) is 0 Å². The standard InChI is InChI=1S/C35H32O10/c1-35(2,21-9-7-11-23(17-21)44-25-13-15-27(31(36)40-3)29(19-25)33(38)42-5)22-10-8-12-24(18-22)45-26-14-16-28(32(37)41-4)30(20-26)34(39)43-6/h7-20H,1-6H3. The first-order valence-corrected chi connectivity index (χ1v) is 13.7. The molecule has 0 fully saturated rings. The molecular weight excluding hydrogens is 580 g/mol. The maximum Gasteiger partial charge on any atom is 0.338 e. The smallest absolute Gasteiger partial charge is 0.338 e. The fourth-order valence-corrected chi connectivity index (χ4v) is 4.64. The van der Waals surface area contributed by atoms with Crippen LogP contribution >= 0.6 is 0 Å². The SMILES string of the molecule is COC(=O)c1ccc(Oc2cccc(C(C)(C)c3cccc(Oc4ccc(C(=O)OC)c(C(=O)OC)c4)c3)c2)cc1C(=O)OC. The summed E-state index contributed by atoms with van der Waals surface area (Å²) in [6, 6.07) is 23.9. The number of rotatable bonds is 10. The van der Waals surface area contributed by atoms with Crippen LogP contribution in [-0.2, 0) is 24.4 Å². The third-order valence-electron chi connectivity index (χ3n) is 7.19. The molecule has 0 saturated carbocycles. The molecule has 0 radical (unpaired) electrons. The van der Waals surface area contributed by atoms with E-state index >= 15 is 0 Å². The first kappa shape index (κ1) is 32.3. The summed E-state index contributed by atoms with van der Waals surface area (Å²) in [5.74, 6) is -1.04. The van der Waals surface area contributed by atoms with Crippen molar-refractivity contribution in [1.29, 1.82) is 0 Å². The maximum absolute atomic E-state index is 12.3. The number of ether oxygens (including phenoxy) is 6. The van der Waals surface area contributed by atoms with Gasteiger partial charge >= 0.3 is 23.9 Å². The lowest BCUT2D eigenvalue weighted by molar-refractivity contribution is 0.0555. The highest BCUT2D eigenvalue weighted by atomic mass is 16.5. The lowest BCUT2D eigenvalue weighted by atomic mass is 9.78. The van der Waals surface area contributed by atoms with Gasteiger partial charge in [-0.05, 0) is 71.8 Å². The van der Waals surface area contributed by atoms with E-state index in [-0.39, 0.29) is 22.3 Å². The van der Waals surface area contributed by atoms with E-state index in [0.717, 1.165) is 11.1 Å². The van der Waals surface area contributed by atoms with Gasteiger partial charge in [-0.1, -0.05) is 38.1 Å². The molecule has 0 saturated heterocycles. The normalized spacial score (nSPS) is 10.8. The largest absolute Gasteiger partial charge is 0.465 e. The molecule has 0 atom stereocenters. The predicted molar refractivity (Wildman–Crippen MR) is 163 cm³/mol. The van der Waals surface area contributed by atoms with E-state index in [1.54, 1.807) is 24.3 Å². The van der Waals surface area contributed by atoms with Crippen molar-refractivity contribution in [2.75, 3.05) is 28.4 Å². The minimum absolute atomic E-state index is 0.0220. The highest BCUT2D eigenvalue weighted by molar-refractivity contribution is 6.04. The molecule has 45 heavy (non-hydrogen) atoms. The van der Waals surface area contributed by atoms with Crippen LogP contribution in [0.25, 0.3) is 0 Å². The summed E-state index contributed by atoms with van der Waals surface area (Å²) < 4.78 is 31.3. The van der Waals surface area contributed by atoms with Crippen molar-refractivity contribution in [2.24, 2.45) is 0 Å². The van der Waals surface area contributed by atoms with Crippen LogP contribution in [-0.4, -0.2) is 52.3 Å². The van der Waals surface area contributed by atoms with Crippen LogP contribution in [0.1, 0.15) is 66.4 Å². The molecule has 4 rings (SSSR count). The number of carbonyl (C=O) groups is 4. The first-order chi connectivity index (χ1) is 21.5. The van der Waals surface area contributed by atoms with E-state index in [1.807, 2.05) is 50.2 Å². The van der Waals surface area contributed by atoms with Crippen molar-refractivity contribution in [3.8, 4) is 23.0 Å². The Balaban J connectivity index is 1.60. The van der Waals surface area contributed by atoms with Crippen LogP contribution in [0.15, 0.2) is 84.9 Å². The Morgan fingerprint density at radius 3 is 1.13 bits per heavy atom. The zero-order chi connectivity index (χ0) is 32.7. The van der Waals surface area contributed by atoms with E-state index in [2.05, 4.69) is 0 Å². The molecule has 10 heteroatoms. The van der Waals surface area contributed by atoms with Gasteiger partial charge in [0.1, 0.15) is 23.0 Å². The van der Waals surface area contributed by atoms with E-state index < -0.39 is 29.3 Å². The number of hydrogen-bond acceptors (Lipinski definition) is 10. The Hall–Kier alpha value is -5.64. The second-order valence-electron chi connectivity index (χ2n) is 10.3. The minimum atomic E-state index is -0.696. The average Bonchev–Trinajstić information content (AvgIpc) is 3.07. The highest BCUT2D eigenvalue weighted by Gasteiger charge is 2.25. The Morgan fingerprint density at radius 1 is 0.444 bits per heavy atom. The summed E-state index contributed by atoms with van der Waals surface area (Å²) >= 11 is 0. The van der Waals surface area contributed by atoms with Crippen molar-refractivity contribution in [1.82, 2.24) is 0 Å². The van der Waals surface area contributed by atoms with Crippen LogP contribution < -0.4 is 9.47 Å². The second kappa shape index (κ2) is 13.8. The maximum atomic E-state index is 12.3. The summed E-state index contributed by atoms with van der Waals surface area (Å²) in [6.07, 6.45) is 0. The molecule has 0 N–H and O–H groups in total. The number of methoxy groups -OCH3 is 4. The second-order valence-corrected chi connectivity index (χ2v) is 10.3. The predicted octanol–water partition coefficient (Wildman–Crippen LogP) is 6.74. The number of carbonyl (C=O) groups excluding carboxylic acids is 4. The zero-order valence-corrected chi connectivity index (χ0v) is 25.7. The number of esters is 4. The fourth-order valence-electron chi connectivity index (χ4n) is 4.64. The molecule has 0 aliphatic rings. The molecule has 4 aromatic carbocycles. The van der Waals surface area contributed by atoms with Gasteiger partial charge in [0.25, 0.3) is 0 Å². The average molecular weight is 613 g/mol. The quantitative estimate of drug-likeness (QED) is 0.140. The molecule has 232 valence electrons. The van der Waals surface area contributed by atoms with Gasteiger partial charge in [-0.25, -0.2) is 19.2 Å². The van der Waals surface area contributed by atoms with Gasteiger partial charge in [-0.15, -0.1) is 0 Å². The van der Waals surface area contributed by atoms with Crippen LogP contribution in [0.5, 0.6) is 23.0 Å². The van der Waals surface area contributed by atoms with Gasteiger partial charge in [0.05, 0.1) is 50.7 Å². The first-order valence-electron chi connectivity index (χ1n) is 13.7. The summed E-state index contributed by atoms with van der Waals surface area (Å²) in [7, 11) is 4.91. The third kappa shape index (κ3) is 7.13. The fraction of sp³-hybridized carbons (Fsp3) is 0.200. The summed E-state index contributed by atoms with van der Waals surface area (Å²) in [5, 5.41) is 0. The van der Waals surface area contributed by atoms with Crippen molar-refractivity contribution in [3.63, 3.8) is 0 Å². The van der Waals surface area contributed by atoms with Crippen molar-refractivity contribution in [2.45, 2.75) is 19.3 Å². The van der Waals surface area contributed by atoms with Gasteiger partial charge in [0.15, 0.2) is 0 Å². The molecular formula is C35H32O10. The van der Waals surface area contributed by atoms with E-state index in [1.165, 1.54) is 52.7 Å². The van der Waals surface area contributed by atoms with E-state index in [0.29, 0.717) is 23.0 Å². The number of hydrogen-bond donors (Lipinski definition) is 0. The monoisotopic (exact) mass is 612 g/mol. The third-order valence-corrected chi connectivity index (χ3v) is 7.19. The molecule has 0 spiro atoms. The molecule has 10 nitrogen and oxygen atoms in total. The van der Waals surface area contributed by atoms with Crippen LogP contribution in [0.4, 0.5) is 0 Å². The van der Waals surface area contributed by atoms with Gasteiger partial charge in [0.2, 0.25) is 0 Å². The van der Waals surface area contributed by atoms with E-state index in [4.69, 9.17) is 28.4 Å². The molecule has 0 bridgehead atoms. The zero-order valence-electron chi connectivity index (χ0n) is 25.7. The summed E-state index contributed by atoms with van der Waals surface area (Å²) in [5.41, 5.74) is 1.50. The molecule has 0 aliphatic heterocycles. The van der Waals surface area contributed by atoms with Crippen LogP contribution in [0, 0.1) is 0 Å². The van der Waals surface area contributed by atoms with Crippen molar-refractivity contribution >= 4 is 23.9 Å². The molecule has 0 unspecified atom stereocenters. The van der Waals surface area contributed by atoms with E-state index in [9.17, 15) is 19.2 Å². The topological polar surface area (TPSA) is 124 Å². The lowest BCUT2D eigenvalue weighted by Gasteiger charge is -2.27. The highest BCUT2D eigenvalue weighted by Crippen LogP contribution is 2.37.